The Morgan fingerprint density at radius 1 is 1.53 bits per heavy atom. The summed E-state index contributed by atoms with van der Waals surface area (Å²) >= 11 is 6.25. The van der Waals surface area contributed by atoms with E-state index in [2.05, 4.69) is 22.4 Å². The fourth-order valence-electron chi connectivity index (χ4n) is 2.13. The number of hydrazine groups is 1. The highest BCUT2D eigenvalue weighted by molar-refractivity contribution is 6.31. The lowest BCUT2D eigenvalue weighted by Crippen LogP contribution is -2.31. The Morgan fingerprint density at radius 2 is 2.32 bits per heavy atom. The molecule has 6 heteroatoms. The number of aromatic nitrogens is 3. The monoisotopic (exact) mass is 279 g/mol. The Labute approximate surface area is 117 Å². The van der Waals surface area contributed by atoms with Crippen LogP contribution >= 0.6 is 11.6 Å². The van der Waals surface area contributed by atoms with Gasteiger partial charge in [0, 0.05) is 18.4 Å². The highest BCUT2D eigenvalue weighted by Crippen LogP contribution is 2.28. The van der Waals surface area contributed by atoms with Crippen molar-refractivity contribution in [2.24, 2.45) is 5.84 Å². The molecule has 0 aromatic carbocycles. The summed E-state index contributed by atoms with van der Waals surface area (Å²) in [5.41, 5.74) is 5.66. The molecule has 0 aliphatic rings. The molecule has 19 heavy (non-hydrogen) atoms. The van der Waals surface area contributed by atoms with Gasteiger partial charge in [-0.15, -0.1) is 0 Å². The molecular formula is C13H18ClN5. The first-order valence-corrected chi connectivity index (χ1v) is 6.65. The highest BCUT2D eigenvalue weighted by Gasteiger charge is 2.21. The third-order valence-electron chi connectivity index (χ3n) is 2.96. The van der Waals surface area contributed by atoms with E-state index in [0.717, 1.165) is 29.9 Å². The molecule has 0 radical (unpaired) electrons. The zero-order valence-corrected chi connectivity index (χ0v) is 11.9. The van der Waals surface area contributed by atoms with E-state index in [1.165, 1.54) is 0 Å². The fraction of sp³-hybridized carbons (Fsp3) is 0.385. The molecule has 0 saturated carbocycles. The van der Waals surface area contributed by atoms with Gasteiger partial charge in [0.15, 0.2) is 0 Å². The minimum atomic E-state index is -0.191. The molecule has 0 spiro atoms. The average Bonchev–Trinajstić information content (AvgIpc) is 2.74. The summed E-state index contributed by atoms with van der Waals surface area (Å²) in [6, 6.07) is 3.73. The van der Waals surface area contributed by atoms with Crippen molar-refractivity contribution in [2.75, 3.05) is 0 Å². The molecular weight excluding hydrogens is 262 g/mol. The third-order valence-corrected chi connectivity index (χ3v) is 3.25. The largest absolute Gasteiger partial charge is 0.271 e. The quantitative estimate of drug-likeness (QED) is 0.650. The van der Waals surface area contributed by atoms with E-state index < -0.39 is 0 Å². The van der Waals surface area contributed by atoms with Crippen molar-refractivity contribution in [3.63, 3.8) is 0 Å². The maximum absolute atomic E-state index is 6.25. The minimum absolute atomic E-state index is 0.191. The van der Waals surface area contributed by atoms with Crippen LogP contribution < -0.4 is 11.3 Å². The molecule has 0 saturated heterocycles. The summed E-state index contributed by atoms with van der Waals surface area (Å²) < 4.78 is 1.89. The third kappa shape index (κ3) is 2.94. The average molecular weight is 280 g/mol. The van der Waals surface area contributed by atoms with Crippen LogP contribution in [-0.2, 0) is 6.54 Å². The number of pyridine rings is 1. The van der Waals surface area contributed by atoms with Crippen LogP contribution in [0.25, 0.3) is 0 Å². The lowest BCUT2D eigenvalue weighted by Gasteiger charge is -2.19. The maximum Gasteiger partial charge on any atom is 0.0894 e. The summed E-state index contributed by atoms with van der Waals surface area (Å²) in [7, 11) is 0. The van der Waals surface area contributed by atoms with E-state index in [4.69, 9.17) is 17.4 Å². The Kier molecular flexibility index (Phi) is 4.52. The van der Waals surface area contributed by atoms with Gasteiger partial charge in [-0.1, -0.05) is 18.5 Å². The van der Waals surface area contributed by atoms with Gasteiger partial charge in [0.1, 0.15) is 0 Å². The van der Waals surface area contributed by atoms with Crippen LogP contribution in [0.1, 0.15) is 36.3 Å². The normalized spacial score (nSPS) is 12.6. The zero-order valence-electron chi connectivity index (χ0n) is 11.1. The summed E-state index contributed by atoms with van der Waals surface area (Å²) in [4.78, 5) is 4.20. The summed E-state index contributed by atoms with van der Waals surface area (Å²) in [5.74, 6) is 5.71. The first-order chi connectivity index (χ1) is 9.17. The standard InChI is InChI=1S/C13H18ClN5/c1-3-6-19-13(11(14)8-17-19)12(18-15)10-4-5-16-9(2)7-10/h4-5,7-8,12,18H,3,6,15H2,1-2H3. The number of aryl methyl sites for hydroxylation is 2. The number of nitrogens with zero attached hydrogens (tertiary/aromatic N) is 3. The van der Waals surface area contributed by atoms with Crippen molar-refractivity contribution < 1.29 is 0 Å². The Balaban J connectivity index is 2.44. The second kappa shape index (κ2) is 6.14. The van der Waals surface area contributed by atoms with Crippen LogP contribution in [-0.4, -0.2) is 14.8 Å². The van der Waals surface area contributed by atoms with Gasteiger partial charge in [0.2, 0.25) is 0 Å². The summed E-state index contributed by atoms with van der Waals surface area (Å²) in [6.07, 6.45) is 4.41. The molecule has 0 aliphatic carbocycles. The van der Waals surface area contributed by atoms with Crippen molar-refractivity contribution in [3.8, 4) is 0 Å². The lowest BCUT2D eigenvalue weighted by molar-refractivity contribution is 0.520. The second-order valence-electron chi connectivity index (χ2n) is 4.43. The number of hydrogen-bond donors (Lipinski definition) is 2. The molecule has 2 aromatic heterocycles. The summed E-state index contributed by atoms with van der Waals surface area (Å²) in [6.45, 7) is 4.85. The van der Waals surface area contributed by atoms with Crippen molar-refractivity contribution in [3.05, 3.63) is 46.5 Å². The molecule has 2 heterocycles. The number of rotatable bonds is 5. The molecule has 0 aliphatic heterocycles. The van der Waals surface area contributed by atoms with Crippen molar-refractivity contribution in [2.45, 2.75) is 32.9 Å². The smallest absolute Gasteiger partial charge is 0.0894 e. The predicted octanol–water partition coefficient (Wildman–Crippen LogP) is 2.20. The van der Waals surface area contributed by atoms with Crippen LogP contribution in [0, 0.1) is 6.92 Å². The molecule has 2 rings (SSSR count). The van der Waals surface area contributed by atoms with Gasteiger partial charge in [0.25, 0.3) is 0 Å². The van der Waals surface area contributed by atoms with Gasteiger partial charge < -0.3 is 0 Å². The molecule has 1 unspecified atom stereocenters. The van der Waals surface area contributed by atoms with E-state index in [-0.39, 0.29) is 6.04 Å². The number of nitrogens with one attached hydrogen (secondary N) is 1. The predicted molar refractivity (Wildman–Crippen MR) is 75.7 cm³/mol. The Morgan fingerprint density at radius 3 is 2.95 bits per heavy atom. The van der Waals surface area contributed by atoms with Crippen LogP contribution in [0.5, 0.6) is 0 Å². The van der Waals surface area contributed by atoms with E-state index in [0.29, 0.717) is 5.02 Å². The van der Waals surface area contributed by atoms with Gasteiger partial charge in [-0.05, 0) is 31.0 Å². The van der Waals surface area contributed by atoms with E-state index in [1.807, 2.05) is 23.7 Å². The molecule has 102 valence electrons. The van der Waals surface area contributed by atoms with Gasteiger partial charge in [-0.2, -0.15) is 5.10 Å². The molecule has 0 bridgehead atoms. The van der Waals surface area contributed by atoms with Crippen LogP contribution in [0.3, 0.4) is 0 Å². The minimum Gasteiger partial charge on any atom is -0.271 e. The first-order valence-electron chi connectivity index (χ1n) is 6.27. The van der Waals surface area contributed by atoms with E-state index in [1.54, 1.807) is 12.4 Å². The Hall–Kier alpha value is -1.43. The summed E-state index contributed by atoms with van der Waals surface area (Å²) in [5, 5.41) is 4.91. The first kappa shape index (κ1) is 14.0. The van der Waals surface area contributed by atoms with Gasteiger partial charge in [-0.3, -0.25) is 15.5 Å². The topological polar surface area (TPSA) is 68.8 Å². The van der Waals surface area contributed by atoms with Crippen LogP contribution in [0.2, 0.25) is 5.02 Å². The highest BCUT2D eigenvalue weighted by atomic mass is 35.5. The molecule has 3 N–H and O–H groups in total. The SMILES string of the molecule is CCCn1ncc(Cl)c1C(NN)c1ccnc(C)c1. The van der Waals surface area contributed by atoms with Crippen molar-refractivity contribution >= 4 is 11.6 Å². The number of hydrogen-bond acceptors (Lipinski definition) is 4. The number of halogens is 1. The zero-order chi connectivity index (χ0) is 13.8. The Bertz CT molecular complexity index is 552. The molecule has 2 aromatic rings. The molecule has 1 atom stereocenters. The lowest BCUT2D eigenvalue weighted by atomic mass is 10.0. The molecule has 5 nitrogen and oxygen atoms in total. The molecule has 0 amide bonds. The second-order valence-corrected chi connectivity index (χ2v) is 4.84. The number of nitrogens with two attached hydrogens (primary N) is 1. The van der Waals surface area contributed by atoms with Gasteiger partial charge in [-0.25, -0.2) is 5.43 Å². The fourth-order valence-corrected chi connectivity index (χ4v) is 2.38. The van der Waals surface area contributed by atoms with Crippen molar-refractivity contribution in [1.29, 1.82) is 0 Å². The van der Waals surface area contributed by atoms with Crippen LogP contribution in [0.15, 0.2) is 24.5 Å². The van der Waals surface area contributed by atoms with Crippen LogP contribution in [0.4, 0.5) is 0 Å². The van der Waals surface area contributed by atoms with E-state index in [9.17, 15) is 0 Å². The van der Waals surface area contributed by atoms with Gasteiger partial charge in [0.05, 0.1) is 23.0 Å². The van der Waals surface area contributed by atoms with Crippen molar-refractivity contribution in [1.82, 2.24) is 20.2 Å². The van der Waals surface area contributed by atoms with E-state index >= 15 is 0 Å². The maximum atomic E-state index is 6.25. The van der Waals surface area contributed by atoms with Gasteiger partial charge >= 0.3 is 0 Å². The molecule has 0 fully saturated rings.